The Kier molecular flexibility index (Phi) is 6.96. The number of halogens is 2. The normalized spacial score (nSPS) is 10.8. The van der Waals surface area contributed by atoms with E-state index in [0.29, 0.717) is 10.8 Å². The number of rotatable bonds is 6. The summed E-state index contributed by atoms with van der Waals surface area (Å²) in [5.41, 5.74) is 4.54. The molecule has 0 fully saturated rings. The summed E-state index contributed by atoms with van der Waals surface area (Å²) in [6.45, 7) is 0. The molecule has 0 aliphatic carbocycles. The van der Waals surface area contributed by atoms with Crippen molar-refractivity contribution < 1.29 is 4.79 Å². The zero-order valence-corrected chi connectivity index (χ0v) is 14.8. The van der Waals surface area contributed by atoms with Crippen molar-refractivity contribution in [2.75, 3.05) is 5.75 Å². The summed E-state index contributed by atoms with van der Waals surface area (Å²) in [7, 11) is 0. The molecule has 0 spiro atoms. The van der Waals surface area contributed by atoms with Gasteiger partial charge in [-0.1, -0.05) is 51.8 Å². The molecular formula is C16H14BrClN2OS. The van der Waals surface area contributed by atoms with Crippen LogP contribution in [0.5, 0.6) is 0 Å². The molecule has 0 aliphatic rings. The first-order valence-corrected chi connectivity index (χ1v) is 8.86. The highest BCUT2D eigenvalue weighted by Gasteiger charge is 2.01. The number of nitrogens with one attached hydrogen (secondary N) is 1. The minimum atomic E-state index is -0.125. The number of thioether (sulfide) groups is 1. The Morgan fingerprint density at radius 3 is 2.77 bits per heavy atom. The largest absolute Gasteiger partial charge is 0.272 e. The molecule has 3 nitrogen and oxygen atoms in total. The van der Waals surface area contributed by atoms with Gasteiger partial charge in [0.05, 0.1) is 12.0 Å². The molecule has 0 unspecified atom stereocenters. The van der Waals surface area contributed by atoms with E-state index in [1.54, 1.807) is 6.21 Å². The van der Waals surface area contributed by atoms with Crippen LogP contribution in [-0.2, 0) is 10.5 Å². The van der Waals surface area contributed by atoms with E-state index in [1.165, 1.54) is 11.8 Å². The summed E-state index contributed by atoms with van der Waals surface area (Å²) in [5.74, 6) is 0.967. The van der Waals surface area contributed by atoms with Crippen molar-refractivity contribution in [2.45, 2.75) is 5.75 Å². The van der Waals surface area contributed by atoms with Crippen molar-refractivity contribution in [2.24, 2.45) is 5.10 Å². The highest BCUT2D eigenvalue weighted by Crippen LogP contribution is 2.16. The van der Waals surface area contributed by atoms with Gasteiger partial charge in [-0.15, -0.1) is 11.8 Å². The fourth-order valence-corrected chi connectivity index (χ4v) is 2.89. The zero-order chi connectivity index (χ0) is 15.8. The van der Waals surface area contributed by atoms with Gasteiger partial charge < -0.3 is 0 Å². The maximum absolute atomic E-state index is 11.7. The standard InChI is InChI=1S/C16H14BrClN2OS/c17-14-6-4-12(5-7-14)9-19-20-16(21)11-22-10-13-2-1-3-15(18)8-13/h1-9H,10-11H2,(H,20,21)/b19-9-. The predicted octanol–water partition coefficient (Wildman–Crippen LogP) is 4.49. The molecule has 2 rings (SSSR count). The average Bonchev–Trinajstić information content (AvgIpc) is 2.49. The Morgan fingerprint density at radius 2 is 2.05 bits per heavy atom. The topological polar surface area (TPSA) is 41.5 Å². The average molecular weight is 398 g/mol. The summed E-state index contributed by atoms with van der Waals surface area (Å²) >= 11 is 10.8. The van der Waals surface area contributed by atoms with E-state index in [9.17, 15) is 4.79 Å². The Morgan fingerprint density at radius 1 is 1.27 bits per heavy atom. The van der Waals surface area contributed by atoms with Crippen molar-refractivity contribution >= 4 is 51.4 Å². The molecule has 0 radical (unpaired) electrons. The van der Waals surface area contributed by atoms with E-state index in [0.717, 1.165) is 21.4 Å². The maximum atomic E-state index is 11.7. The third-order valence-electron chi connectivity index (χ3n) is 2.66. The minimum Gasteiger partial charge on any atom is -0.272 e. The van der Waals surface area contributed by atoms with Crippen molar-refractivity contribution in [1.82, 2.24) is 5.43 Å². The highest BCUT2D eigenvalue weighted by molar-refractivity contribution is 9.10. The van der Waals surface area contributed by atoms with Gasteiger partial charge in [-0.25, -0.2) is 5.43 Å². The summed E-state index contributed by atoms with van der Waals surface area (Å²) in [4.78, 5) is 11.7. The summed E-state index contributed by atoms with van der Waals surface area (Å²) < 4.78 is 1.01. The molecule has 0 heterocycles. The molecule has 0 saturated heterocycles. The molecule has 2 aromatic rings. The Labute approximate surface area is 147 Å². The van der Waals surface area contributed by atoms with E-state index in [2.05, 4.69) is 26.5 Å². The van der Waals surface area contributed by atoms with Crippen LogP contribution in [0.15, 0.2) is 58.1 Å². The number of carbonyl (C=O) groups is 1. The summed E-state index contributed by atoms with van der Waals surface area (Å²) in [5, 5.41) is 4.65. The number of carbonyl (C=O) groups excluding carboxylic acids is 1. The molecule has 1 amide bonds. The van der Waals surface area contributed by atoms with Gasteiger partial charge in [-0.3, -0.25) is 4.79 Å². The lowest BCUT2D eigenvalue weighted by molar-refractivity contribution is -0.118. The van der Waals surface area contributed by atoms with Crippen LogP contribution >= 0.6 is 39.3 Å². The molecule has 0 saturated carbocycles. The molecule has 114 valence electrons. The van der Waals surface area contributed by atoms with Gasteiger partial charge in [-0.05, 0) is 35.4 Å². The smallest absolute Gasteiger partial charge is 0.250 e. The number of amides is 1. The molecular weight excluding hydrogens is 384 g/mol. The van der Waals surface area contributed by atoms with E-state index in [1.807, 2.05) is 48.5 Å². The first kappa shape index (κ1) is 17.1. The Hall–Kier alpha value is -1.30. The summed E-state index contributed by atoms with van der Waals surface area (Å²) in [6, 6.07) is 15.3. The lowest BCUT2D eigenvalue weighted by atomic mass is 10.2. The van der Waals surface area contributed by atoms with Gasteiger partial charge in [-0.2, -0.15) is 5.10 Å². The first-order chi connectivity index (χ1) is 10.6. The van der Waals surface area contributed by atoms with Crippen LogP contribution in [0.2, 0.25) is 5.02 Å². The molecule has 0 bridgehead atoms. The molecule has 0 aliphatic heterocycles. The van der Waals surface area contributed by atoms with Gasteiger partial charge >= 0.3 is 0 Å². The number of nitrogens with zero attached hydrogens (tertiary/aromatic N) is 1. The lowest BCUT2D eigenvalue weighted by Crippen LogP contribution is -2.19. The van der Waals surface area contributed by atoms with E-state index < -0.39 is 0 Å². The monoisotopic (exact) mass is 396 g/mol. The van der Waals surface area contributed by atoms with Crippen LogP contribution in [0.1, 0.15) is 11.1 Å². The SMILES string of the molecule is O=C(CSCc1cccc(Cl)c1)N/N=C\c1ccc(Br)cc1. The minimum absolute atomic E-state index is 0.125. The second-order valence-corrected chi connectivity index (χ2v) is 6.81. The molecule has 1 N–H and O–H groups in total. The third-order valence-corrected chi connectivity index (χ3v) is 4.43. The van der Waals surface area contributed by atoms with Gasteiger partial charge in [0.15, 0.2) is 0 Å². The third kappa shape index (κ3) is 6.22. The van der Waals surface area contributed by atoms with E-state index >= 15 is 0 Å². The van der Waals surface area contributed by atoms with Crippen LogP contribution in [0.25, 0.3) is 0 Å². The van der Waals surface area contributed by atoms with Crippen LogP contribution < -0.4 is 5.43 Å². The summed E-state index contributed by atoms with van der Waals surface area (Å²) in [6.07, 6.45) is 1.62. The number of hydrogen-bond donors (Lipinski definition) is 1. The van der Waals surface area contributed by atoms with E-state index in [4.69, 9.17) is 11.6 Å². The van der Waals surface area contributed by atoms with E-state index in [-0.39, 0.29) is 5.91 Å². The number of benzene rings is 2. The van der Waals surface area contributed by atoms with Crippen LogP contribution in [0.3, 0.4) is 0 Å². The quantitative estimate of drug-likeness (QED) is 0.576. The lowest BCUT2D eigenvalue weighted by Gasteiger charge is -2.02. The number of hydrazone groups is 1. The predicted molar refractivity (Wildman–Crippen MR) is 97.5 cm³/mol. The molecule has 2 aromatic carbocycles. The van der Waals surface area contributed by atoms with Crippen molar-refractivity contribution in [3.63, 3.8) is 0 Å². The molecule has 0 aromatic heterocycles. The van der Waals surface area contributed by atoms with Crippen LogP contribution in [-0.4, -0.2) is 17.9 Å². The maximum Gasteiger partial charge on any atom is 0.250 e. The van der Waals surface area contributed by atoms with Crippen LogP contribution in [0.4, 0.5) is 0 Å². The Bertz CT molecular complexity index is 661. The van der Waals surface area contributed by atoms with Crippen molar-refractivity contribution in [1.29, 1.82) is 0 Å². The zero-order valence-electron chi connectivity index (χ0n) is 11.6. The molecule has 22 heavy (non-hydrogen) atoms. The van der Waals surface area contributed by atoms with Gasteiger partial charge in [0.1, 0.15) is 0 Å². The fraction of sp³-hybridized carbons (Fsp3) is 0.125. The van der Waals surface area contributed by atoms with Gasteiger partial charge in [0, 0.05) is 15.2 Å². The number of hydrogen-bond acceptors (Lipinski definition) is 3. The Balaban J connectivity index is 1.70. The fourth-order valence-electron chi connectivity index (χ4n) is 1.65. The molecule has 6 heteroatoms. The molecule has 0 atom stereocenters. The van der Waals surface area contributed by atoms with Crippen molar-refractivity contribution in [3.8, 4) is 0 Å². The van der Waals surface area contributed by atoms with Crippen molar-refractivity contribution in [3.05, 3.63) is 69.2 Å². The second kappa shape index (κ2) is 8.98. The van der Waals surface area contributed by atoms with Gasteiger partial charge in [0.25, 0.3) is 0 Å². The first-order valence-electron chi connectivity index (χ1n) is 6.53. The van der Waals surface area contributed by atoms with Crippen LogP contribution in [0, 0.1) is 0 Å². The second-order valence-electron chi connectivity index (χ2n) is 4.47. The highest BCUT2D eigenvalue weighted by atomic mass is 79.9. The van der Waals surface area contributed by atoms with Gasteiger partial charge in [0.2, 0.25) is 5.91 Å².